The lowest BCUT2D eigenvalue weighted by molar-refractivity contribution is 0.590. The molecule has 0 saturated heterocycles. The monoisotopic (exact) mass is 702 g/mol. The molecule has 11 rings (SSSR count). The van der Waals surface area contributed by atoms with E-state index in [4.69, 9.17) is 0 Å². The second kappa shape index (κ2) is 9.65. The Kier molecular flexibility index (Phi) is 5.77. The first kappa shape index (κ1) is 31.7. The fourth-order valence-electron chi connectivity index (χ4n) is 10.8. The average Bonchev–Trinajstić information content (AvgIpc) is 3.56. The maximum Gasteiger partial charge on any atom is 0.333 e. The van der Waals surface area contributed by atoms with Crippen LogP contribution in [-0.4, -0.2) is 19.4 Å². The van der Waals surface area contributed by atoms with Crippen molar-refractivity contribution in [3.63, 3.8) is 0 Å². The van der Waals surface area contributed by atoms with Crippen molar-refractivity contribution in [2.45, 2.75) is 84.7 Å². The summed E-state index contributed by atoms with van der Waals surface area (Å²) in [6, 6.07) is 41.0. The zero-order chi connectivity index (χ0) is 36.7. The number of rotatable bonds is 0. The maximum absolute atomic E-state index is 2.77. The molecule has 0 atom stereocenters. The number of fused-ring (bicyclic) bond motifs is 13. The van der Waals surface area contributed by atoms with Gasteiger partial charge in [0, 0.05) is 49.8 Å². The molecule has 0 spiro atoms. The lowest BCUT2D eigenvalue weighted by Gasteiger charge is -2.48. The van der Waals surface area contributed by atoms with Crippen LogP contribution in [-0.2, 0) is 16.2 Å². The molecule has 260 valence electrons. The van der Waals surface area contributed by atoms with Crippen LogP contribution in [0.3, 0.4) is 0 Å². The van der Waals surface area contributed by atoms with Crippen LogP contribution in [0, 0.1) is 0 Å². The van der Waals surface area contributed by atoms with Gasteiger partial charge >= 0.3 is 6.85 Å². The van der Waals surface area contributed by atoms with E-state index in [-0.39, 0.29) is 23.1 Å². The van der Waals surface area contributed by atoms with Gasteiger partial charge in [-0.2, -0.15) is 0 Å². The molecule has 0 amide bonds. The molecule has 4 aliphatic rings. The van der Waals surface area contributed by atoms with Crippen molar-refractivity contribution < 1.29 is 0 Å². The Balaban J connectivity index is 1.40. The molecular formula is C49H47BN2Si. The van der Waals surface area contributed by atoms with Crippen LogP contribution in [0.5, 0.6) is 0 Å². The van der Waals surface area contributed by atoms with Gasteiger partial charge in [0.25, 0.3) is 0 Å². The largest absolute Gasteiger partial charge is 0.375 e. The second-order valence-electron chi connectivity index (χ2n) is 19.4. The number of benzene rings is 6. The molecule has 0 bridgehead atoms. The van der Waals surface area contributed by atoms with Gasteiger partial charge in [-0.1, -0.05) is 135 Å². The summed E-state index contributed by atoms with van der Waals surface area (Å²) in [6.45, 7) is 24.2. The summed E-state index contributed by atoms with van der Waals surface area (Å²) in [4.78, 5) is 2.70. The number of para-hydroxylation sites is 2. The predicted octanol–water partition coefficient (Wildman–Crippen LogP) is 10.2. The number of hydrogen-bond donors (Lipinski definition) is 0. The first-order valence-corrected chi connectivity index (χ1v) is 22.6. The summed E-state index contributed by atoms with van der Waals surface area (Å²) in [5.74, 6) is 0. The quantitative estimate of drug-likeness (QED) is 0.143. The zero-order valence-corrected chi connectivity index (χ0v) is 33.8. The van der Waals surface area contributed by atoms with E-state index in [9.17, 15) is 0 Å². The Bertz CT molecular complexity index is 2820. The fraction of sp³-hybridized carbons (Fsp3) is 0.265. The summed E-state index contributed by atoms with van der Waals surface area (Å²) in [7, 11) is -2.03. The van der Waals surface area contributed by atoms with Gasteiger partial charge in [-0.3, -0.25) is 0 Å². The molecule has 0 unspecified atom stereocenters. The lowest BCUT2D eigenvalue weighted by atomic mass is 9.44. The second-order valence-corrected chi connectivity index (χ2v) is 23.8. The molecule has 0 fully saturated rings. The van der Waals surface area contributed by atoms with Crippen molar-refractivity contribution in [2.24, 2.45) is 0 Å². The molecule has 0 N–H and O–H groups in total. The van der Waals surface area contributed by atoms with Crippen LogP contribution in [0.2, 0.25) is 13.1 Å². The molecule has 2 nitrogen and oxygen atoms in total. The van der Waals surface area contributed by atoms with E-state index in [1.807, 2.05) is 0 Å². The highest BCUT2D eigenvalue weighted by molar-refractivity contribution is 7.04. The van der Waals surface area contributed by atoms with Gasteiger partial charge < -0.3 is 9.38 Å². The van der Waals surface area contributed by atoms with Gasteiger partial charge in [0.1, 0.15) is 8.07 Å². The maximum atomic E-state index is 2.77. The minimum Gasteiger partial charge on any atom is -0.375 e. The highest BCUT2D eigenvalue weighted by atomic mass is 28.3. The van der Waals surface area contributed by atoms with Crippen molar-refractivity contribution in [3.05, 3.63) is 125 Å². The van der Waals surface area contributed by atoms with E-state index in [0.29, 0.717) is 0 Å². The summed E-state index contributed by atoms with van der Waals surface area (Å²) in [5, 5.41) is 5.82. The molecule has 1 aliphatic carbocycles. The van der Waals surface area contributed by atoms with E-state index in [0.717, 1.165) is 0 Å². The van der Waals surface area contributed by atoms with E-state index in [2.05, 4.69) is 181 Å². The first-order chi connectivity index (χ1) is 25.1. The Morgan fingerprint density at radius 1 is 0.604 bits per heavy atom. The Hall–Kier alpha value is -4.80. The predicted molar refractivity (Wildman–Crippen MR) is 232 cm³/mol. The molecule has 1 aromatic heterocycles. The number of nitrogens with zero attached hydrogens (tertiary/aromatic N) is 2. The van der Waals surface area contributed by atoms with Crippen molar-refractivity contribution >= 4 is 75.1 Å². The van der Waals surface area contributed by atoms with Gasteiger partial charge in [-0.15, -0.1) is 0 Å². The Labute approximate surface area is 315 Å². The molecule has 4 heteroatoms. The van der Waals surface area contributed by atoms with Crippen LogP contribution in [0.1, 0.15) is 77.6 Å². The normalized spacial score (nSPS) is 16.7. The smallest absolute Gasteiger partial charge is 0.333 e. The third kappa shape index (κ3) is 3.76. The minimum absolute atomic E-state index is 0.0175. The SMILES string of the molecule is CC(C)(C)c1ccc2c(c1)c1cc(C(C)(C)C)cc3c1n2B1c2cccc4c2N(c2ccccc2[Si]4(C)C)c2cc4c(c-3c21)-c1ccccc1C4(C)C. The molecule has 0 radical (unpaired) electrons. The minimum atomic E-state index is -2.03. The molecule has 7 aromatic rings. The van der Waals surface area contributed by atoms with E-state index < -0.39 is 8.07 Å². The van der Waals surface area contributed by atoms with Gasteiger partial charge in [0.15, 0.2) is 0 Å². The number of aromatic nitrogens is 1. The van der Waals surface area contributed by atoms with Crippen LogP contribution >= 0.6 is 0 Å². The standard InChI is InChI=1S/C49H47BN2Si/c1-47(2,3)28-22-23-37-31(24-28)32-25-29(48(4,5)6)26-33-43-42-30-16-11-12-17-34(30)49(7,8)35(42)27-39-44(43)50(52(37)45(32)33)36-18-15-21-41-46(36)51(39)38-19-13-14-20-40(38)53(41,9)10/h11-27H,1-10H3. The van der Waals surface area contributed by atoms with Crippen LogP contribution < -0.4 is 26.2 Å². The van der Waals surface area contributed by atoms with Crippen molar-refractivity contribution in [1.82, 2.24) is 4.48 Å². The Morgan fingerprint density at radius 3 is 2.08 bits per heavy atom. The molecule has 4 heterocycles. The number of hydrogen-bond acceptors (Lipinski definition) is 1. The fourth-order valence-corrected chi connectivity index (χ4v) is 13.8. The third-order valence-corrected chi connectivity index (χ3v) is 17.2. The number of anilines is 3. The summed E-state index contributed by atoms with van der Waals surface area (Å²) < 4.78 is 2.77. The van der Waals surface area contributed by atoms with Gasteiger partial charge in [0.05, 0.1) is 0 Å². The molecule has 0 saturated carbocycles. The third-order valence-electron chi connectivity index (χ3n) is 13.6. The highest BCUT2D eigenvalue weighted by Crippen LogP contribution is 2.57. The van der Waals surface area contributed by atoms with Crippen molar-refractivity contribution in [1.29, 1.82) is 0 Å². The molecule has 6 aromatic carbocycles. The Morgan fingerprint density at radius 2 is 1.30 bits per heavy atom. The topological polar surface area (TPSA) is 8.17 Å². The molecular weight excluding hydrogens is 655 g/mol. The molecule has 53 heavy (non-hydrogen) atoms. The first-order valence-electron chi connectivity index (χ1n) is 19.6. The summed E-state index contributed by atoms with van der Waals surface area (Å²) in [6.07, 6.45) is 0. The highest BCUT2D eigenvalue weighted by Gasteiger charge is 2.51. The zero-order valence-electron chi connectivity index (χ0n) is 32.8. The van der Waals surface area contributed by atoms with E-state index in [1.54, 1.807) is 5.19 Å². The van der Waals surface area contributed by atoms with Gasteiger partial charge in [-0.25, -0.2) is 0 Å². The van der Waals surface area contributed by atoms with Gasteiger partial charge in [0.2, 0.25) is 0 Å². The van der Waals surface area contributed by atoms with E-state index >= 15 is 0 Å². The summed E-state index contributed by atoms with van der Waals surface area (Å²) in [5.41, 5.74) is 21.0. The van der Waals surface area contributed by atoms with Crippen LogP contribution in [0.4, 0.5) is 17.1 Å². The van der Waals surface area contributed by atoms with Gasteiger partial charge in [-0.05, 0) is 107 Å². The van der Waals surface area contributed by atoms with Crippen LogP contribution in [0.25, 0.3) is 44.1 Å². The van der Waals surface area contributed by atoms with Crippen molar-refractivity contribution in [2.75, 3.05) is 4.90 Å². The van der Waals surface area contributed by atoms with Crippen molar-refractivity contribution in [3.8, 4) is 22.3 Å². The molecule has 3 aliphatic heterocycles. The lowest BCUT2D eigenvalue weighted by Crippen LogP contribution is -2.65. The van der Waals surface area contributed by atoms with Crippen LogP contribution in [0.15, 0.2) is 103 Å². The van der Waals surface area contributed by atoms with E-state index in [1.165, 1.54) is 99.5 Å². The average molecular weight is 703 g/mol. The summed E-state index contributed by atoms with van der Waals surface area (Å²) >= 11 is 0.